The summed E-state index contributed by atoms with van der Waals surface area (Å²) < 4.78 is 27.3. The van der Waals surface area contributed by atoms with Gasteiger partial charge in [0.15, 0.2) is 0 Å². The lowest BCUT2D eigenvalue weighted by atomic mass is 10.1. The highest BCUT2D eigenvalue weighted by molar-refractivity contribution is 7.93. The van der Waals surface area contributed by atoms with Gasteiger partial charge >= 0.3 is 0 Å². The van der Waals surface area contributed by atoms with Crippen LogP contribution in [0.25, 0.3) is 6.08 Å². The lowest BCUT2D eigenvalue weighted by molar-refractivity contribution is -0.513. The third-order valence-corrected chi connectivity index (χ3v) is 3.51. The van der Waals surface area contributed by atoms with Crippen LogP contribution in [-0.2, 0) is 10.0 Å². The fraction of sp³-hybridized carbons (Fsp3) is 0. The second-order valence-electron chi connectivity index (χ2n) is 4.12. The number of hydrogen-bond donors (Lipinski definition) is 0. The molecule has 5 nitrogen and oxygen atoms in total. The number of rotatable bonds is 3. The van der Waals surface area contributed by atoms with Crippen LogP contribution in [0.5, 0.6) is 0 Å². The number of nitrogens with zero attached hydrogens (tertiary/aromatic N) is 1. The van der Waals surface area contributed by atoms with Crippen LogP contribution in [0.3, 0.4) is 0 Å². The first kappa shape index (κ1) is 14.8. The van der Waals surface area contributed by atoms with Crippen molar-refractivity contribution >= 4 is 21.8 Å². The van der Waals surface area contributed by atoms with E-state index in [1.165, 1.54) is 30.4 Å². The fourth-order valence-corrected chi connectivity index (χ4v) is 2.45. The number of sulfonamides is 1. The molecule has 0 bridgehead atoms. The second-order valence-corrected chi connectivity index (χ2v) is 5.61. The predicted molar refractivity (Wildman–Crippen MR) is 77.1 cm³/mol. The molecule has 6 heteroatoms. The van der Waals surface area contributed by atoms with Crippen molar-refractivity contribution in [2.24, 2.45) is 4.40 Å². The van der Waals surface area contributed by atoms with E-state index in [1.807, 2.05) is 6.07 Å². The maximum atomic E-state index is 11.9. The van der Waals surface area contributed by atoms with Gasteiger partial charge in [-0.05, 0) is 23.3 Å². The van der Waals surface area contributed by atoms with E-state index in [4.69, 9.17) is 0 Å². The van der Waals surface area contributed by atoms with Crippen LogP contribution in [0.2, 0.25) is 0 Å². The molecule has 0 atom stereocenters. The van der Waals surface area contributed by atoms with E-state index in [1.54, 1.807) is 24.3 Å². The topological polar surface area (TPSA) is 92.6 Å². The highest BCUT2D eigenvalue weighted by atomic mass is 32.2. The molecule has 21 heavy (non-hydrogen) atoms. The standard InChI is InChI=1S/C15H13NO4S/c17-15(18)13-8-4-5-9-14(13)16-21(19,20)11-10-12-6-2-1-3-7-12/h1-11,17-18H/p-2. The Morgan fingerprint density at radius 1 is 1.05 bits per heavy atom. The Hall–Kier alpha value is -2.60. The minimum atomic E-state index is -3.94. The zero-order chi connectivity index (χ0) is 15.3. The highest BCUT2D eigenvalue weighted by Gasteiger charge is 2.08. The summed E-state index contributed by atoms with van der Waals surface area (Å²) in [5.74, 6) is -1.48. The van der Waals surface area contributed by atoms with Crippen LogP contribution >= 0.6 is 0 Å². The fourth-order valence-electron chi connectivity index (χ4n) is 1.62. The summed E-state index contributed by atoms with van der Waals surface area (Å²) in [6.45, 7) is 0. The van der Waals surface area contributed by atoms with Crippen LogP contribution in [-0.4, -0.2) is 14.1 Å². The molecule has 0 fully saturated rings. The van der Waals surface area contributed by atoms with Crippen LogP contribution in [0, 0.1) is 0 Å². The first-order valence-corrected chi connectivity index (χ1v) is 7.50. The van der Waals surface area contributed by atoms with E-state index >= 15 is 0 Å². The highest BCUT2D eigenvalue weighted by Crippen LogP contribution is 2.12. The molecule has 0 heterocycles. The molecule has 0 amide bonds. The summed E-state index contributed by atoms with van der Waals surface area (Å²) in [5, 5.41) is 22.7. The zero-order valence-electron chi connectivity index (χ0n) is 10.8. The lowest BCUT2D eigenvalue weighted by Crippen LogP contribution is -2.24. The zero-order valence-corrected chi connectivity index (χ0v) is 11.7. The molecule has 0 radical (unpaired) electrons. The van der Waals surface area contributed by atoms with E-state index < -0.39 is 16.0 Å². The van der Waals surface area contributed by atoms with Gasteiger partial charge in [0.25, 0.3) is 10.0 Å². The Morgan fingerprint density at radius 2 is 1.71 bits per heavy atom. The van der Waals surface area contributed by atoms with Gasteiger partial charge in [-0.15, -0.1) is 0 Å². The molecule has 0 saturated heterocycles. The molecule has 0 aliphatic heterocycles. The summed E-state index contributed by atoms with van der Waals surface area (Å²) in [6, 6.07) is 8.83. The summed E-state index contributed by atoms with van der Waals surface area (Å²) in [7, 11) is -3.94. The van der Waals surface area contributed by atoms with Crippen molar-refractivity contribution in [2.45, 2.75) is 0 Å². The Labute approximate surface area is 122 Å². The maximum Gasteiger partial charge on any atom is 0.276 e. The predicted octanol–water partition coefficient (Wildman–Crippen LogP) is 0.486. The van der Waals surface area contributed by atoms with Crippen molar-refractivity contribution in [1.82, 2.24) is 0 Å². The molecule has 0 saturated carbocycles. The molecule has 1 aromatic carbocycles. The number of allylic oxidation sites excluding steroid dienone is 5. The number of hydrogen-bond acceptors (Lipinski definition) is 4. The van der Waals surface area contributed by atoms with Crippen LogP contribution < -0.4 is 10.2 Å². The summed E-state index contributed by atoms with van der Waals surface area (Å²) >= 11 is 0. The van der Waals surface area contributed by atoms with Gasteiger partial charge in [0, 0.05) is 0 Å². The average molecular weight is 301 g/mol. The molecule has 1 aliphatic rings. The minimum absolute atomic E-state index is 0.157. The molecule has 0 N–H and O–H groups in total. The Morgan fingerprint density at radius 3 is 2.38 bits per heavy atom. The molecule has 0 spiro atoms. The van der Waals surface area contributed by atoms with Gasteiger partial charge in [-0.25, -0.2) is 0 Å². The smallest absolute Gasteiger partial charge is 0.276 e. The van der Waals surface area contributed by atoms with E-state index in [2.05, 4.69) is 4.40 Å². The van der Waals surface area contributed by atoms with Gasteiger partial charge in [0.2, 0.25) is 0 Å². The minimum Gasteiger partial charge on any atom is -0.883 e. The molecule has 0 aromatic heterocycles. The largest absolute Gasteiger partial charge is 0.883 e. The normalized spacial score (nSPS) is 16.8. The van der Waals surface area contributed by atoms with Gasteiger partial charge < -0.3 is 10.2 Å². The van der Waals surface area contributed by atoms with Crippen LogP contribution in [0.4, 0.5) is 0 Å². The molecule has 1 aliphatic carbocycles. The molecule has 1 aromatic rings. The molecular formula is C15H11NO4S-2. The molecular weight excluding hydrogens is 290 g/mol. The van der Waals surface area contributed by atoms with E-state index in [0.717, 1.165) is 5.41 Å². The monoisotopic (exact) mass is 301 g/mol. The van der Waals surface area contributed by atoms with Crippen LogP contribution in [0.15, 0.2) is 76.0 Å². The lowest BCUT2D eigenvalue weighted by Gasteiger charge is -2.23. The molecule has 108 valence electrons. The number of benzene rings is 1. The third-order valence-electron chi connectivity index (χ3n) is 2.58. The summed E-state index contributed by atoms with van der Waals surface area (Å²) in [4.78, 5) is 0. The average Bonchev–Trinajstić information content (AvgIpc) is 2.46. The van der Waals surface area contributed by atoms with Gasteiger partial charge in [-0.3, -0.25) is 0 Å². The SMILES string of the molecule is O=S(=O)(C=Cc1ccccc1)N=C1C=CC=CC1=C([O-])[O-]. The first-order chi connectivity index (χ1) is 9.98. The van der Waals surface area contributed by atoms with Crippen molar-refractivity contribution in [3.05, 3.63) is 77.1 Å². The summed E-state index contributed by atoms with van der Waals surface area (Å²) in [5.41, 5.74) is 0.272. The van der Waals surface area contributed by atoms with Gasteiger partial charge in [-0.2, -0.15) is 18.8 Å². The van der Waals surface area contributed by atoms with Crippen molar-refractivity contribution in [1.29, 1.82) is 0 Å². The molecule has 2 rings (SSSR count). The quantitative estimate of drug-likeness (QED) is 0.759. The Bertz CT molecular complexity index is 765. The van der Waals surface area contributed by atoms with Crippen molar-refractivity contribution in [3.63, 3.8) is 0 Å². The first-order valence-electron chi connectivity index (χ1n) is 5.99. The summed E-state index contributed by atoms with van der Waals surface area (Å²) in [6.07, 6.45) is 6.91. The van der Waals surface area contributed by atoms with E-state index in [-0.39, 0.29) is 11.3 Å². The van der Waals surface area contributed by atoms with Crippen LogP contribution in [0.1, 0.15) is 5.56 Å². The maximum absolute atomic E-state index is 11.9. The molecule has 0 unspecified atom stereocenters. The third kappa shape index (κ3) is 4.19. The Kier molecular flexibility index (Phi) is 4.39. The van der Waals surface area contributed by atoms with Gasteiger partial charge in [0.05, 0.1) is 11.1 Å². The second kappa shape index (κ2) is 6.23. The van der Waals surface area contributed by atoms with E-state index in [0.29, 0.717) is 5.56 Å². The van der Waals surface area contributed by atoms with E-state index in [9.17, 15) is 18.6 Å². The Balaban J connectivity index is 2.31. The van der Waals surface area contributed by atoms with Gasteiger partial charge in [0.1, 0.15) is 0 Å². The van der Waals surface area contributed by atoms with Crippen molar-refractivity contribution in [2.75, 3.05) is 0 Å². The van der Waals surface area contributed by atoms with Crippen molar-refractivity contribution in [3.8, 4) is 0 Å². The van der Waals surface area contributed by atoms with Crippen molar-refractivity contribution < 1.29 is 18.6 Å². The van der Waals surface area contributed by atoms with Gasteiger partial charge in [-0.1, -0.05) is 48.6 Å².